The normalized spacial score (nSPS) is 11.2. The molecule has 0 bridgehead atoms. The molecule has 2 nitrogen and oxygen atoms in total. The number of allylic oxidation sites excluding steroid dienone is 2. The van der Waals surface area contributed by atoms with Gasteiger partial charge in [0.1, 0.15) is 10.8 Å². The first kappa shape index (κ1) is 19.4. The fourth-order valence-electron chi connectivity index (χ4n) is 2.91. The number of nitrogens with zero attached hydrogens (tertiary/aromatic N) is 1. The molecule has 2 aromatic carbocycles. The van der Waals surface area contributed by atoms with Gasteiger partial charge in [0.05, 0.1) is 6.61 Å². The summed E-state index contributed by atoms with van der Waals surface area (Å²) in [5.74, 6) is 0.932. The molecule has 0 atom stereocenters. The number of unbranched alkanes of at least 4 members (excludes halogenated alkanes) is 1. The van der Waals surface area contributed by atoms with Crippen LogP contribution < -0.4 is 4.74 Å². The molecule has 3 aromatic rings. The maximum Gasteiger partial charge on any atom is 0.123 e. The molecule has 0 radical (unpaired) electrons. The number of hydrogen-bond acceptors (Lipinski definition) is 3. The van der Waals surface area contributed by atoms with Crippen LogP contribution in [0.15, 0.2) is 66.9 Å². The highest BCUT2D eigenvalue weighted by atomic mass is 32.1. The van der Waals surface area contributed by atoms with Crippen LogP contribution in [0.1, 0.15) is 38.0 Å². The van der Waals surface area contributed by atoms with E-state index in [0.29, 0.717) is 0 Å². The topological polar surface area (TPSA) is 22.1 Å². The van der Waals surface area contributed by atoms with Crippen molar-refractivity contribution in [2.45, 2.75) is 39.5 Å². The summed E-state index contributed by atoms with van der Waals surface area (Å²) in [5, 5.41) is 1.10. The van der Waals surface area contributed by atoms with E-state index < -0.39 is 0 Å². The fraction of sp³-hybridized carbons (Fsp3) is 0.292. The Morgan fingerprint density at radius 3 is 2.30 bits per heavy atom. The Labute approximate surface area is 166 Å². The molecule has 0 N–H and O–H groups in total. The van der Waals surface area contributed by atoms with Crippen LogP contribution in [0.5, 0.6) is 5.75 Å². The summed E-state index contributed by atoms with van der Waals surface area (Å²) in [6, 6.07) is 17.0. The number of aryl methyl sites for hydroxylation is 1. The third-order valence-corrected chi connectivity index (χ3v) is 5.50. The minimum atomic E-state index is 0.756. The van der Waals surface area contributed by atoms with E-state index in [1.807, 2.05) is 13.1 Å². The summed E-state index contributed by atoms with van der Waals surface area (Å²) in [5.41, 5.74) is 3.60. The quantitative estimate of drug-likeness (QED) is 0.291. The maximum atomic E-state index is 5.80. The fourth-order valence-corrected chi connectivity index (χ4v) is 3.93. The van der Waals surface area contributed by atoms with E-state index in [2.05, 4.69) is 72.6 Å². The second-order valence-corrected chi connectivity index (χ2v) is 7.66. The van der Waals surface area contributed by atoms with Crippen molar-refractivity contribution in [3.05, 3.63) is 71.8 Å². The van der Waals surface area contributed by atoms with Crippen LogP contribution >= 0.6 is 11.3 Å². The van der Waals surface area contributed by atoms with Crippen LogP contribution in [0.4, 0.5) is 0 Å². The average molecular weight is 378 g/mol. The Morgan fingerprint density at radius 1 is 0.963 bits per heavy atom. The number of thiazole rings is 1. The summed E-state index contributed by atoms with van der Waals surface area (Å²) in [6.45, 7) is 5.01. The van der Waals surface area contributed by atoms with Gasteiger partial charge in [-0.1, -0.05) is 61.9 Å². The van der Waals surface area contributed by atoms with Gasteiger partial charge in [-0.2, -0.15) is 0 Å². The van der Waals surface area contributed by atoms with E-state index in [1.54, 1.807) is 11.3 Å². The van der Waals surface area contributed by atoms with Crippen LogP contribution in [-0.4, -0.2) is 11.6 Å². The molecule has 0 aliphatic rings. The lowest BCUT2D eigenvalue weighted by molar-refractivity contribution is 0.312. The Morgan fingerprint density at radius 2 is 1.63 bits per heavy atom. The number of rotatable bonds is 9. The zero-order valence-corrected chi connectivity index (χ0v) is 17.0. The zero-order chi connectivity index (χ0) is 18.9. The Kier molecular flexibility index (Phi) is 7.23. The molecule has 0 saturated heterocycles. The van der Waals surface area contributed by atoms with Crippen LogP contribution in [0.2, 0.25) is 0 Å². The maximum absolute atomic E-state index is 5.80. The Hall–Kier alpha value is -2.39. The van der Waals surface area contributed by atoms with E-state index in [9.17, 15) is 0 Å². The molecule has 0 amide bonds. The van der Waals surface area contributed by atoms with E-state index in [4.69, 9.17) is 4.74 Å². The SMILES string of the molecule is C/C=C/CCCOc1ccc(-c2ccc(-c3ncc(CCC)s3)cc2)cc1. The molecule has 1 aromatic heterocycles. The highest BCUT2D eigenvalue weighted by molar-refractivity contribution is 7.15. The second-order valence-electron chi connectivity index (χ2n) is 6.54. The average Bonchev–Trinajstić information content (AvgIpc) is 3.17. The van der Waals surface area contributed by atoms with Gasteiger partial charge in [-0.25, -0.2) is 4.98 Å². The first-order valence-corrected chi connectivity index (χ1v) is 10.5. The van der Waals surface area contributed by atoms with Crippen LogP contribution in [-0.2, 0) is 6.42 Å². The predicted octanol–water partition coefficient (Wildman–Crippen LogP) is 7.16. The van der Waals surface area contributed by atoms with E-state index in [1.165, 1.54) is 21.6 Å². The van der Waals surface area contributed by atoms with Gasteiger partial charge in [0.25, 0.3) is 0 Å². The van der Waals surface area contributed by atoms with Gasteiger partial charge in [-0.15, -0.1) is 11.3 Å². The molecule has 3 rings (SSSR count). The van der Waals surface area contributed by atoms with Crippen molar-refractivity contribution < 1.29 is 4.74 Å². The molecule has 0 fully saturated rings. The highest BCUT2D eigenvalue weighted by Crippen LogP contribution is 2.29. The van der Waals surface area contributed by atoms with Crippen molar-refractivity contribution in [3.8, 4) is 27.4 Å². The molecule has 0 aliphatic heterocycles. The van der Waals surface area contributed by atoms with Gasteiger partial charge in [0.2, 0.25) is 0 Å². The zero-order valence-electron chi connectivity index (χ0n) is 16.2. The number of aromatic nitrogens is 1. The smallest absolute Gasteiger partial charge is 0.123 e. The lowest BCUT2D eigenvalue weighted by Crippen LogP contribution is -1.96. The van der Waals surface area contributed by atoms with Crippen molar-refractivity contribution >= 4 is 11.3 Å². The highest BCUT2D eigenvalue weighted by Gasteiger charge is 2.05. The molecule has 140 valence electrons. The largest absolute Gasteiger partial charge is 0.494 e. The molecule has 0 aliphatic carbocycles. The van der Waals surface area contributed by atoms with E-state index in [-0.39, 0.29) is 0 Å². The van der Waals surface area contributed by atoms with Gasteiger partial charge < -0.3 is 4.74 Å². The molecule has 0 unspecified atom stereocenters. The minimum absolute atomic E-state index is 0.756. The molecule has 0 spiro atoms. The molecular weight excluding hydrogens is 350 g/mol. The van der Waals surface area contributed by atoms with Crippen molar-refractivity contribution in [2.24, 2.45) is 0 Å². The van der Waals surface area contributed by atoms with Gasteiger partial charge in [-0.3, -0.25) is 0 Å². The third-order valence-electron chi connectivity index (χ3n) is 4.39. The first-order chi connectivity index (χ1) is 13.3. The summed E-state index contributed by atoms with van der Waals surface area (Å²) >= 11 is 1.79. The van der Waals surface area contributed by atoms with Gasteiger partial charge in [0, 0.05) is 16.6 Å². The monoisotopic (exact) mass is 377 g/mol. The van der Waals surface area contributed by atoms with E-state index >= 15 is 0 Å². The molecular formula is C24H27NOS. The van der Waals surface area contributed by atoms with Crippen molar-refractivity contribution in [2.75, 3.05) is 6.61 Å². The van der Waals surface area contributed by atoms with Crippen LogP contribution in [0, 0.1) is 0 Å². The standard InChI is InChI=1S/C24H27NOS/c1-3-5-6-7-17-26-22-15-13-20(14-16-22)19-9-11-21(12-10-19)24-25-18-23(27-24)8-4-2/h3,5,9-16,18H,4,6-8,17H2,1-2H3/b5-3+. The van der Waals surface area contributed by atoms with E-state index in [0.717, 1.165) is 43.0 Å². The van der Waals surface area contributed by atoms with Gasteiger partial charge in [-0.05, 0) is 49.4 Å². The lowest BCUT2D eigenvalue weighted by Gasteiger charge is -2.07. The second kappa shape index (κ2) is 10.1. The number of hydrogen-bond donors (Lipinski definition) is 0. The van der Waals surface area contributed by atoms with Crippen molar-refractivity contribution in [1.29, 1.82) is 0 Å². The van der Waals surface area contributed by atoms with Crippen molar-refractivity contribution in [1.82, 2.24) is 4.98 Å². The molecule has 0 saturated carbocycles. The van der Waals surface area contributed by atoms with Gasteiger partial charge in [0.15, 0.2) is 0 Å². The Bertz CT molecular complexity index is 847. The Balaban J connectivity index is 1.61. The van der Waals surface area contributed by atoms with Crippen molar-refractivity contribution in [3.63, 3.8) is 0 Å². The summed E-state index contributed by atoms with van der Waals surface area (Å²) in [6.07, 6.45) is 10.7. The number of benzene rings is 2. The van der Waals surface area contributed by atoms with Crippen LogP contribution in [0.3, 0.4) is 0 Å². The number of ether oxygens (including phenoxy) is 1. The first-order valence-electron chi connectivity index (χ1n) is 9.69. The molecule has 27 heavy (non-hydrogen) atoms. The molecule has 3 heteroatoms. The summed E-state index contributed by atoms with van der Waals surface area (Å²) in [7, 11) is 0. The minimum Gasteiger partial charge on any atom is -0.494 e. The summed E-state index contributed by atoms with van der Waals surface area (Å²) < 4.78 is 5.80. The third kappa shape index (κ3) is 5.54. The predicted molar refractivity (Wildman–Crippen MR) is 117 cm³/mol. The summed E-state index contributed by atoms with van der Waals surface area (Å²) in [4.78, 5) is 5.92. The van der Waals surface area contributed by atoms with Crippen LogP contribution in [0.25, 0.3) is 21.7 Å². The molecule has 1 heterocycles. The lowest BCUT2D eigenvalue weighted by atomic mass is 10.0. The van der Waals surface area contributed by atoms with Gasteiger partial charge >= 0.3 is 0 Å².